The molecule has 0 saturated carbocycles. The van der Waals surface area contributed by atoms with Crippen molar-refractivity contribution >= 4 is 17.5 Å². The van der Waals surface area contributed by atoms with Crippen molar-refractivity contribution in [3.05, 3.63) is 22.4 Å². The van der Waals surface area contributed by atoms with Crippen LogP contribution in [-0.4, -0.2) is 19.4 Å². The Labute approximate surface area is 126 Å². The van der Waals surface area contributed by atoms with E-state index in [0.717, 1.165) is 19.3 Å². The SMILES string of the molecule is CCCCCCCCCOC(=O)OCCc1ccsc1. The first kappa shape index (κ1) is 17.0. The maximum absolute atomic E-state index is 11.3. The summed E-state index contributed by atoms with van der Waals surface area (Å²) in [6.45, 7) is 3.09. The zero-order valence-corrected chi connectivity index (χ0v) is 13.3. The molecule has 0 bridgehead atoms. The minimum atomic E-state index is -0.536. The lowest BCUT2D eigenvalue weighted by Crippen LogP contribution is -2.10. The molecule has 1 heterocycles. The van der Waals surface area contributed by atoms with Crippen molar-refractivity contribution in [2.45, 2.75) is 58.3 Å². The summed E-state index contributed by atoms with van der Waals surface area (Å²) in [4.78, 5) is 11.3. The first-order valence-electron chi connectivity index (χ1n) is 7.63. The van der Waals surface area contributed by atoms with E-state index in [9.17, 15) is 4.79 Å². The van der Waals surface area contributed by atoms with Crippen LogP contribution in [0.15, 0.2) is 16.8 Å². The second-order valence-corrected chi connectivity index (χ2v) is 5.73. The topological polar surface area (TPSA) is 35.5 Å². The van der Waals surface area contributed by atoms with Crippen LogP contribution in [0.2, 0.25) is 0 Å². The van der Waals surface area contributed by atoms with Gasteiger partial charge in [-0.1, -0.05) is 45.4 Å². The molecule has 0 aliphatic carbocycles. The van der Waals surface area contributed by atoms with Gasteiger partial charge in [-0.3, -0.25) is 0 Å². The normalized spacial score (nSPS) is 10.4. The average Bonchev–Trinajstić information content (AvgIpc) is 2.95. The Hall–Kier alpha value is -1.03. The molecule has 0 spiro atoms. The predicted molar refractivity (Wildman–Crippen MR) is 83.3 cm³/mol. The van der Waals surface area contributed by atoms with Crippen molar-refractivity contribution < 1.29 is 14.3 Å². The molecule has 0 saturated heterocycles. The fourth-order valence-corrected chi connectivity index (χ4v) is 2.65. The van der Waals surface area contributed by atoms with E-state index >= 15 is 0 Å². The molecule has 0 amide bonds. The number of unbranched alkanes of at least 4 members (excludes halogenated alkanes) is 6. The van der Waals surface area contributed by atoms with Gasteiger partial charge in [0.25, 0.3) is 0 Å². The van der Waals surface area contributed by atoms with Crippen molar-refractivity contribution in [2.75, 3.05) is 13.2 Å². The maximum atomic E-state index is 11.3. The van der Waals surface area contributed by atoms with E-state index in [0.29, 0.717) is 13.2 Å². The molecule has 4 heteroatoms. The third kappa shape index (κ3) is 8.97. The summed E-state index contributed by atoms with van der Waals surface area (Å²) in [6.07, 6.45) is 8.74. The van der Waals surface area contributed by atoms with E-state index in [4.69, 9.17) is 9.47 Å². The number of rotatable bonds is 11. The smallest absolute Gasteiger partial charge is 0.434 e. The minimum absolute atomic E-state index is 0.395. The van der Waals surface area contributed by atoms with Gasteiger partial charge in [-0.25, -0.2) is 4.79 Å². The van der Waals surface area contributed by atoms with E-state index < -0.39 is 6.16 Å². The largest absolute Gasteiger partial charge is 0.508 e. The third-order valence-electron chi connectivity index (χ3n) is 3.16. The van der Waals surface area contributed by atoms with Gasteiger partial charge >= 0.3 is 6.16 Å². The Kier molecular flexibility index (Phi) is 10.0. The quantitative estimate of drug-likeness (QED) is 0.416. The predicted octanol–water partition coefficient (Wildman–Crippen LogP) is 5.19. The Morgan fingerprint density at radius 2 is 1.75 bits per heavy atom. The Morgan fingerprint density at radius 3 is 2.45 bits per heavy atom. The van der Waals surface area contributed by atoms with E-state index in [1.165, 1.54) is 37.7 Å². The van der Waals surface area contributed by atoms with Gasteiger partial charge in [0.2, 0.25) is 0 Å². The van der Waals surface area contributed by atoms with Crippen molar-refractivity contribution in [2.24, 2.45) is 0 Å². The number of hydrogen-bond acceptors (Lipinski definition) is 4. The molecule has 0 N–H and O–H groups in total. The highest BCUT2D eigenvalue weighted by atomic mass is 32.1. The minimum Gasteiger partial charge on any atom is -0.434 e. The molecule has 1 aromatic rings. The maximum Gasteiger partial charge on any atom is 0.508 e. The van der Waals surface area contributed by atoms with E-state index in [1.54, 1.807) is 11.3 Å². The van der Waals surface area contributed by atoms with Gasteiger partial charge in [-0.15, -0.1) is 0 Å². The molecule has 0 aliphatic heterocycles. The van der Waals surface area contributed by atoms with Gasteiger partial charge in [-0.2, -0.15) is 11.3 Å². The summed E-state index contributed by atoms with van der Waals surface area (Å²) in [7, 11) is 0. The van der Waals surface area contributed by atoms with Crippen LogP contribution in [-0.2, 0) is 15.9 Å². The highest BCUT2D eigenvalue weighted by Crippen LogP contribution is 2.08. The zero-order valence-electron chi connectivity index (χ0n) is 12.4. The van der Waals surface area contributed by atoms with Gasteiger partial charge in [0.05, 0.1) is 13.2 Å². The second-order valence-electron chi connectivity index (χ2n) is 4.95. The first-order valence-corrected chi connectivity index (χ1v) is 8.58. The average molecular weight is 298 g/mol. The molecule has 1 aromatic heterocycles. The van der Waals surface area contributed by atoms with Crippen LogP contribution < -0.4 is 0 Å². The van der Waals surface area contributed by atoms with Crippen LogP contribution >= 0.6 is 11.3 Å². The lowest BCUT2D eigenvalue weighted by Gasteiger charge is -2.05. The zero-order chi connectivity index (χ0) is 14.5. The molecule has 20 heavy (non-hydrogen) atoms. The van der Waals surface area contributed by atoms with Crippen LogP contribution in [0.4, 0.5) is 4.79 Å². The van der Waals surface area contributed by atoms with Gasteiger partial charge in [-0.05, 0) is 28.8 Å². The standard InChI is InChI=1S/C16H26O3S/c1-2-3-4-5-6-7-8-11-18-16(17)19-12-9-15-10-13-20-14-15/h10,13-14H,2-9,11-12H2,1H3. The van der Waals surface area contributed by atoms with Crippen LogP contribution in [0.1, 0.15) is 57.4 Å². The number of hydrogen-bond donors (Lipinski definition) is 0. The first-order chi connectivity index (χ1) is 9.83. The molecule has 0 aromatic carbocycles. The van der Waals surface area contributed by atoms with Crippen molar-refractivity contribution in [1.29, 1.82) is 0 Å². The summed E-state index contributed by atoms with van der Waals surface area (Å²) in [6, 6.07) is 2.04. The summed E-state index contributed by atoms with van der Waals surface area (Å²) in [5.41, 5.74) is 1.20. The van der Waals surface area contributed by atoms with Crippen LogP contribution in [0.3, 0.4) is 0 Å². The van der Waals surface area contributed by atoms with Gasteiger partial charge < -0.3 is 9.47 Å². The van der Waals surface area contributed by atoms with Crippen molar-refractivity contribution in [3.63, 3.8) is 0 Å². The Balaban J connectivity index is 1.85. The lowest BCUT2D eigenvalue weighted by atomic mass is 10.1. The number of carbonyl (C=O) groups is 1. The number of carbonyl (C=O) groups excluding carboxylic acids is 1. The fourth-order valence-electron chi connectivity index (χ4n) is 1.94. The molecule has 0 fully saturated rings. The Morgan fingerprint density at radius 1 is 1.05 bits per heavy atom. The van der Waals surface area contributed by atoms with Crippen LogP contribution in [0, 0.1) is 0 Å². The summed E-state index contributed by atoms with van der Waals surface area (Å²) >= 11 is 1.65. The van der Waals surface area contributed by atoms with Crippen LogP contribution in [0.5, 0.6) is 0 Å². The lowest BCUT2D eigenvalue weighted by molar-refractivity contribution is 0.0549. The molecule has 0 radical (unpaired) electrons. The molecule has 1 rings (SSSR count). The molecule has 0 aliphatic rings. The van der Waals surface area contributed by atoms with Gasteiger partial charge in [0.1, 0.15) is 0 Å². The van der Waals surface area contributed by atoms with Crippen LogP contribution in [0.25, 0.3) is 0 Å². The molecule has 0 atom stereocenters. The molecule has 3 nitrogen and oxygen atoms in total. The van der Waals surface area contributed by atoms with Gasteiger partial charge in [0, 0.05) is 6.42 Å². The molecule has 0 unspecified atom stereocenters. The highest BCUT2D eigenvalue weighted by molar-refractivity contribution is 7.07. The highest BCUT2D eigenvalue weighted by Gasteiger charge is 2.03. The third-order valence-corrected chi connectivity index (χ3v) is 3.89. The summed E-state index contributed by atoms with van der Waals surface area (Å²) < 4.78 is 10.0. The second kappa shape index (κ2) is 11.8. The molecular formula is C16H26O3S. The number of thiophene rings is 1. The summed E-state index contributed by atoms with van der Waals surface area (Å²) in [5, 5.41) is 4.08. The monoisotopic (exact) mass is 298 g/mol. The van der Waals surface area contributed by atoms with Crippen molar-refractivity contribution in [1.82, 2.24) is 0 Å². The molecular weight excluding hydrogens is 272 g/mol. The van der Waals surface area contributed by atoms with Crippen molar-refractivity contribution in [3.8, 4) is 0 Å². The van der Waals surface area contributed by atoms with E-state index in [-0.39, 0.29) is 0 Å². The van der Waals surface area contributed by atoms with Gasteiger partial charge in [0.15, 0.2) is 0 Å². The fraction of sp³-hybridized carbons (Fsp3) is 0.688. The molecule has 114 valence electrons. The summed E-state index contributed by atoms with van der Waals surface area (Å²) in [5.74, 6) is 0. The number of ether oxygens (including phenoxy) is 2. The van der Waals surface area contributed by atoms with E-state index in [2.05, 4.69) is 12.3 Å². The Bertz CT molecular complexity index is 336. The van der Waals surface area contributed by atoms with E-state index in [1.807, 2.05) is 11.4 Å².